The van der Waals surface area contributed by atoms with Gasteiger partial charge in [0.05, 0.1) is 28.5 Å². The molecule has 1 aliphatic heterocycles. The number of halogens is 1. The summed E-state index contributed by atoms with van der Waals surface area (Å²) in [5, 5.41) is 11.7. The van der Waals surface area contributed by atoms with Crippen molar-refractivity contribution in [3.05, 3.63) is 52.2 Å². The monoisotopic (exact) mass is 390 g/mol. The molecule has 3 heterocycles. The van der Waals surface area contributed by atoms with E-state index in [0.717, 1.165) is 35.7 Å². The van der Waals surface area contributed by atoms with E-state index in [1.807, 2.05) is 12.1 Å². The summed E-state index contributed by atoms with van der Waals surface area (Å²) in [7, 11) is 0. The molecule has 1 aliphatic rings. The summed E-state index contributed by atoms with van der Waals surface area (Å²) in [6.07, 6.45) is 6.32. The summed E-state index contributed by atoms with van der Waals surface area (Å²) in [5.41, 5.74) is 0.643. The molecule has 0 saturated carbocycles. The Hall–Kier alpha value is -2.87. The Morgan fingerprint density at radius 2 is 2.22 bits per heavy atom. The van der Waals surface area contributed by atoms with E-state index in [-0.39, 0.29) is 22.5 Å². The van der Waals surface area contributed by atoms with Crippen molar-refractivity contribution >= 4 is 34.9 Å². The van der Waals surface area contributed by atoms with E-state index < -0.39 is 18.1 Å². The van der Waals surface area contributed by atoms with Crippen molar-refractivity contribution in [3.8, 4) is 0 Å². The van der Waals surface area contributed by atoms with E-state index in [1.54, 1.807) is 12.4 Å². The number of aromatic nitrogens is 2. The number of pyridine rings is 2. The third-order valence-corrected chi connectivity index (χ3v) is 4.75. The molecule has 27 heavy (non-hydrogen) atoms. The Balaban J connectivity index is 1.73. The van der Waals surface area contributed by atoms with Crippen molar-refractivity contribution in [1.29, 1.82) is 0 Å². The maximum absolute atomic E-state index is 12.7. The Labute approximate surface area is 160 Å². The fourth-order valence-electron chi connectivity index (χ4n) is 3.11. The quantitative estimate of drug-likeness (QED) is 0.807. The number of carboxylic acid groups (broad SMARTS) is 1. The molecular formula is C18H19ClN4O4. The van der Waals surface area contributed by atoms with E-state index in [9.17, 15) is 14.4 Å². The van der Waals surface area contributed by atoms with E-state index in [1.165, 1.54) is 6.20 Å². The number of hydrogen-bond donors (Lipinski definition) is 2. The number of rotatable bonds is 5. The highest BCUT2D eigenvalue weighted by Gasteiger charge is 2.26. The fraction of sp³-hybridized carbons (Fsp3) is 0.333. The van der Waals surface area contributed by atoms with E-state index in [2.05, 4.69) is 15.2 Å². The first kappa shape index (κ1) is 18.9. The number of piperidine rings is 1. The second-order valence-corrected chi connectivity index (χ2v) is 6.79. The lowest BCUT2D eigenvalue weighted by Gasteiger charge is -2.33. The minimum Gasteiger partial charge on any atom is -0.480 e. The molecule has 2 aromatic rings. The number of carbonyl (C=O) groups excluding carboxylic acids is 1. The summed E-state index contributed by atoms with van der Waals surface area (Å²) < 4.78 is 0.993. The Kier molecular flexibility index (Phi) is 5.75. The second-order valence-electron chi connectivity index (χ2n) is 6.38. The zero-order valence-electron chi connectivity index (χ0n) is 14.5. The molecule has 0 aliphatic carbocycles. The van der Waals surface area contributed by atoms with Crippen LogP contribution in [0.2, 0.25) is 5.02 Å². The summed E-state index contributed by atoms with van der Waals surface area (Å²) in [4.78, 5) is 41.6. The number of amides is 1. The molecule has 0 bridgehead atoms. The van der Waals surface area contributed by atoms with Gasteiger partial charge in [-0.2, -0.15) is 0 Å². The van der Waals surface area contributed by atoms with Gasteiger partial charge < -0.3 is 19.9 Å². The van der Waals surface area contributed by atoms with Gasteiger partial charge in [-0.1, -0.05) is 11.6 Å². The van der Waals surface area contributed by atoms with Crippen LogP contribution >= 0.6 is 11.6 Å². The lowest BCUT2D eigenvalue weighted by molar-refractivity contribution is -0.137. The molecule has 1 saturated heterocycles. The van der Waals surface area contributed by atoms with Crippen LogP contribution in [0.4, 0.5) is 11.4 Å². The number of nitrogens with zero attached hydrogens (tertiary/aromatic N) is 3. The van der Waals surface area contributed by atoms with Crippen LogP contribution in [-0.2, 0) is 16.1 Å². The third kappa shape index (κ3) is 4.65. The van der Waals surface area contributed by atoms with Crippen LogP contribution < -0.4 is 15.8 Å². The minimum atomic E-state index is -1.16. The van der Waals surface area contributed by atoms with Gasteiger partial charge in [0.15, 0.2) is 0 Å². The highest BCUT2D eigenvalue weighted by molar-refractivity contribution is 6.33. The average Bonchev–Trinajstić information content (AvgIpc) is 2.66. The highest BCUT2D eigenvalue weighted by atomic mass is 35.5. The highest BCUT2D eigenvalue weighted by Crippen LogP contribution is 2.25. The summed E-state index contributed by atoms with van der Waals surface area (Å²) in [6, 6.07) is 4.90. The SMILES string of the molecule is O=C(O)Cn1cc(NC(=O)[C@H]2CCCN(c3cccnc3)C2)c(Cl)cc1=O. The number of carboxylic acids is 1. The number of anilines is 2. The molecule has 2 N–H and O–H groups in total. The molecule has 1 fully saturated rings. The van der Waals surface area contributed by atoms with Gasteiger partial charge in [0.1, 0.15) is 6.54 Å². The molecule has 2 aromatic heterocycles. The Morgan fingerprint density at radius 1 is 1.41 bits per heavy atom. The number of carbonyl (C=O) groups is 2. The molecule has 8 nitrogen and oxygen atoms in total. The van der Waals surface area contributed by atoms with Crippen LogP contribution in [0.3, 0.4) is 0 Å². The first-order valence-corrected chi connectivity index (χ1v) is 8.89. The summed E-state index contributed by atoms with van der Waals surface area (Å²) >= 11 is 6.05. The van der Waals surface area contributed by atoms with Crippen LogP contribution in [0.15, 0.2) is 41.6 Å². The van der Waals surface area contributed by atoms with Crippen molar-refractivity contribution in [2.24, 2.45) is 5.92 Å². The van der Waals surface area contributed by atoms with Gasteiger partial charge in [0.25, 0.3) is 5.56 Å². The molecule has 0 radical (unpaired) electrons. The third-order valence-electron chi connectivity index (χ3n) is 4.44. The predicted octanol–water partition coefficient (Wildman–Crippen LogP) is 1.84. The van der Waals surface area contributed by atoms with Crippen LogP contribution in [-0.4, -0.2) is 39.6 Å². The van der Waals surface area contributed by atoms with Gasteiger partial charge in [0, 0.05) is 31.5 Å². The van der Waals surface area contributed by atoms with E-state index >= 15 is 0 Å². The van der Waals surface area contributed by atoms with Crippen molar-refractivity contribution in [2.75, 3.05) is 23.3 Å². The minimum absolute atomic E-state index is 0.0786. The predicted molar refractivity (Wildman–Crippen MR) is 101 cm³/mol. The maximum Gasteiger partial charge on any atom is 0.323 e. The van der Waals surface area contributed by atoms with Crippen molar-refractivity contribution in [3.63, 3.8) is 0 Å². The molecule has 1 amide bonds. The first-order valence-electron chi connectivity index (χ1n) is 8.51. The topological polar surface area (TPSA) is 105 Å². The fourth-order valence-corrected chi connectivity index (χ4v) is 3.30. The largest absolute Gasteiger partial charge is 0.480 e. The number of aliphatic carboxylic acids is 1. The summed E-state index contributed by atoms with van der Waals surface area (Å²) in [6.45, 7) is 0.890. The average molecular weight is 391 g/mol. The van der Waals surface area contributed by atoms with Crippen LogP contribution in [0, 0.1) is 5.92 Å². The van der Waals surface area contributed by atoms with Gasteiger partial charge >= 0.3 is 5.97 Å². The zero-order valence-corrected chi connectivity index (χ0v) is 15.2. The standard InChI is InChI=1S/C18H19ClN4O4/c19-14-7-16(24)23(11-17(25)26)10-15(14)21-18(27)12-3-2-6-22(9-12)13-4-1-5-20-8-13/h1,4-5,7-8,10,12H,2-3,6,9,11H2,(H,21,27)(H,25,26)/t12-/m0/s1. The number of hydrogen-bond acceptors (Lipinski definition) is 5. The lowest BCUT2D eigenvalue weighted by atomic mass is 9.96. The van der Waals surface area contributed by atoms with Crippen molar-refractivity contribution in [2.45, 2.75) is 19.4 Å². The van der Waals surface area contributed by atoms with Crippen LogP contribution in [0.5, 0.6) is 0 Å². The van der Waals surface area contributed by atoms with E-state index in [0.29, 0.717) is 6.54 Å². The van der Waals surface area contributed by atoms with Crippen molar-refractivity contribution in [1.82, 2.24) is 9.55 Å². The van der Waals surface area contributed by atoms with Crippen LogP contribution in [0.1, 0.15) is 12.8 Å². The molecule has 0 aromatic carbocycles. The van der Waals surface area contributed by atoms with Crippen molar-refractivity contribution < 1.29 is 14.7 Å². The molecule has 3 rings (SSSR count). The molecule has 142 valence electrons. The smallest absolute Gasteiger partial charge is 0.323 e. The normalized spacial score (nSPS) is 16.8. The first-order chi connectivity index (χ1) is 12.9. The Morgan fingerprint density at radius 3 is 2.93 bits per heavy atom. The summed E-state index contributed by atoms with van der Waals surface area (Å²) in [5.74, 6) is -1.63. The van der Waals surface area contributed by atoms with E-state index in [4.69, 9.17) is 16.7 Å². The van der Waals surface area contributed by atoms with Gasteiger partial charge in [-0.3, -0.25) is 19.4 Å². The van der Waals surface area contributed by atoms with Gasteiger partial charge in [0.2, 0.25) is 5.91 Å². The lowest BCUT2D eigenvalue weighted by Crippen LogP contribution is -2.41. The van der Waals surface area contributed by atoms with Gasteiger partial charge in [-0.05, 0) is 25.0 Å². The molecule has 1 atom stereocenters. The molecular weight excluding hydrogens is 372 g/mol. The van der Waals surface area contributed by atoms with Crippen LogP contribution in [0.25, 0.3) is 0 Å². The van der Waals surface area contributed by atoms with Gasteiger partial charge in [-0.25, -0.2) is 0 Å². The molecule has 0 spiro atoms. The molecule has 0 unspecified atom stereocenters. The number of nitrogens with one attached hydrogen (secondary N) is 1. The Bertz CT molecular complexity index is 900. The molecule has 9 heteroatoms. The second kappa shape index (κ2) is 8.22. The van der Waals surface area contributed by atoms with Gasteiger partial charge in [-0.15, -0.1) is 0 Å². The maximum atomic E-state index is 12.7. The zero-order chi connectivity index (χ0) is 19.4.